The van der Waals surface area contributed by atoms with Crippen molar-refractivity contribution in [1.82, 2.24) is 18.6 Å². The molecule has 0 saturated heterocycles. The molecule has 2 heterocycles. The summed E-state index contributed by atoms with van der Waals surface area (Å²) in [5.74, 6) is 0. The number of nitrogens with zero attached hydrogens (tertiary/aromatic N) is 3. The first-order valence-electron chi connectivity index (χ1n) is 9.17. The summed E-state index contributed by atoms with van der Waals surface area (Å²) >= 11 is 0. The Kier molecular flexibility index (Phi) is 4.75. The third-order valence-electron chi connectivity index (χ3n) is 5.03. The van der Waals surface area contributed by atoms with Gasteiger partial charge in [0.05, 0.1) is 0 Å². The van der Waals surface area contributed by atoms with E-state index in [0.717, 1.165) is 5.56 Å². The Morgan fingerprint density at radius 1 is 1.15 bits per heavy atom. The maximum atomic E-state index is 11.9. The van der Waals surface area contributed by atoms with Crippen LogP contribution >= 0.6 is 0 Å². The molecule has 3 aromatic rings. The lowest BCUT2D eigenvalue weighted by molar-refractivity contribution is 0.506. The van der Waals surface area contributed by atoms with Gasteiger partial charge in [0.1, 0.15) is 0 Å². The Hall–Kier alpha value is -2.22. The molecular formula is C20H24N4O2S. The van der Waals surface area contributed by atoms with Crippen LogP contribution in [0.5, 0.6) is 0 Å². The highest BCUT2D eigenvalue weighted by Gasteiger charge is 2.26. The van der Waals surface area contributed by atoms with E-state index in [1.54, 1.807) is 0 Å². The number of hydrogen-bond acceptors (Lipinski definition) is 3. The molecule has 0 amide bonds. The number of aromatic nitrogens is 2. The van der Waals surface area contributed by atoms with E-state index in [0.29, 0.717) is 19.0 Å². The van der Waals surface area contributed by atoms with Crippen LogP contribution < -0.4 is 4.72 Å². The lowest BCUT2D eigenvalue weighted by Crippen LogP contribution is -2.36. The quantitative estimate of drug-likeness (QED) is 0.681. The van der Waals surface area contributed by atoms with Crippen LogP contribution in [0.25, 0.3) is 22.0 Å². The summed E-state index contributed by atoms with van der Waals surface area (Å²) in [5, 5.41) is 1.20. The fourth-order valence-corrected chi connectivity index (χ4v) is 3.96. The van der Waals surface area contributed by atoms with Crippen molar-refractivity contribution in [3.8, 4) is 11.1 Å². The smallest absolute Gasteiger partial charge is 0.278 e. The van der Waals surface area contributed by atoms with Gasteiger partial charge in [0.15, 0.2) is 0 Å². The summed E-state index contributed by atoms with van der Waals surface area (Å²) in [6.07, 6.45) is 8.88. The van der Waals surface area contributed by atoms with Crippen LogP contribution in [0.4, 0.5) is 0 Å². The first-order chi connectivity index (χ1) is 13.0. The van der Waals surface area contributed by atoms with Crippen LogP contribution in [-0.4, -0.2) is 42.9 Å². The molecule has 1 N–H and O–H groups in total. The van der Waals surface area contributed by atoms with E-state index < -0.39 is 10.2 Å². The van der Waals surface area contributed by atoms with Crippen molar-refractivity contribution in [2.75, 3.05) is 20.6 Å². The fourth-order valence-electron chi connectivity index (χ4n) is 3.35. The van der Waals surface area contributed by atoms with Crippen LogP contribution in [0.1, 0.15) is 24.4 Å². The van der Waals surface area contributed by atoms with Gasteiger partial charge in [0.2, 0.25) is 0 Å². The van der Waals surface area contributed by atoms with Gasteiger partial charge in [0, 0.05) is 56.2 Å². The largest absolute Gasteiger partial charge is 0.344 e. The highest BCUT2D eigenvalue weighted by Crippen LogP contribution is 2.40. The van der Waals surface area contributed by atoms with E-state index in [2.05, 4.69) is 38.7 Å². The SMILES string of the molecule is CN(C)S(=O)(=O)NCCc1cn(C2CC2)c2cc(-c3ccncc3)ccc12. The summed E-state index contributed by atoms with van der Waals surface area (Å²) < 4.78 is 30.0. The number of hydrogen-bond donors (Lipinski definition) is 1. The summed E-state index contributed by atoms with van der Waals surface area (Å²) in [5.41, 5.74) is 4.72. The maximum absolute atomic E-state index is 11.9. The average Bonchev–Trinajstić information content (AvgIpc) is 3.44. The predicted octanol–water partition coefficient (Wildman–Crippen LogP) is 2.98. The molecule has 1 aliphatic rings. The van der Waals surface area contributed by atoms with Gasteiger partial charge in [-0.05, 0) is 54.2 Å². The average molecular weight is 385 g/mol. The highest BCUT2D eigenvalue weighted by molar-refractivity contribution is 7.87. The second-order valence-electron chi connectivity index (χ2n) is 7.19. The Bertz CT molecular complexity index is 1050. The van der Waals surface area contributed by atoms with Gasteiger partial charge in [-0.3, -0.25) is 4.98 Å². The normalized spacial score (nSPS) is 14.9. The first kappa shape index (κ1) is 18.2. The first-order valence-corrected chi connectivity index (χ1v) is 10.6. The molecule has 1 fully saturated rings. The minimum atomic E-state index is -3.39. The minimum absolute atomic E-state index is 0.385. The molecule has 0 atom stereocenters. The molecule has 142 valence electrons. The van der Waals surface area contributed by atoms with E-state index in [1.807, 2.05) is 24.5 Å². The number of fused-ring (bicyclic) bond motifs is 1. The molecule has 1 saturated carbocycles. The fraction of sp³-hybridized carbons (Fsp3) is 0.350. The molecule has 6 nitrogen and oxygen atoms in total. The van der Waals surface area contributed by atoms with Crippen molar-refractivity contribution in [2.24, 2.45) is 0 Å². The van der Waals surface area contributed by atoms with Crippen molar-refractivity contribution in [1.29, 1.82) is 0 Å². The Balaban J connectivity index is 1.64. The third-order valence-corrected chi connectivity index (χ3v) is 6.56. The van der Waals surface area contributed by atoms with Gasteiger partial charge >= 0.3 is 0 Å². The van der Waals surface area contributed by atoms with Crippen LogP contribution in [0, 0.1) is 0 Å². The lowest BCUT2D eigenvalue weighted by Gasteiger charge is -2.11. The number of pyridine rings is 1. The molecule has 4 rings (SSSR count). The Labute approximate surface area is 160 Å². The highest BCUT2D eigenvalue weighted by atomic mass is 32.2. The standard InChI is InChI=1S/C20H24N4O2S/c1-23(2)27(25,26)22-12-9-17-14-24(18-4-5-18)20-13-16(3-6-19(17)20)15-7-10-21-11-8-15/h3,6-8,10-11,13-14,18,22H,4-5,9,12H2,1-2H3. The lowest BCUT2D eigenvalue weighted by atomic mass is 10.0. The molecule has 1 aromatic carbocycles. The summed E-state index contributed by atoms with van der Waals surface area (Å²) in [7, 11) is -0.332. The van der Waals surface area contributed by atoms with E-state index in [-0.39, 0.29) is 0 Å². The van der Waals surface area contributed by atoms with E-state index in [9.17, 15) is 8.42 Å². The van der Waals surface area contributed by atoms with Crippen molar-refractivity contribution < 1.29 is 8.42 Å². The summed E-state index contributed by atoms with van der Waals surface area (Å²) in [4.78, 5) is 4.09. The second kappa shape index (κ2) is 7.07. The minimum Gasteiger partial charge on any atom is -0.344 e. The van der Waals surface area contributed by atoms with Gasteiger partial charge in [-0.15, -0.1) is 0 Å². The van der Waals surface area contributed by atoms with Crippen LogP contribution in [0.2, 0.25) is 0 Å². The monoisotopic (exact) mass is 384 g/mol. The van der Waals surface area contributed by atoms with E-state index in [1.165, 1.54) is 53.3 Å². The van der Waals surface area contributed by atoms with Crippen molar-refractivity contribution >= 4 is 21.1 Å². The van der Waals surface area contributed by atoms with E-state index >= 15 is 0 Å². The van der Waals surface area contributed by atoms with Crippen LogP contribution in [0.3, 0.4) is 0 Å². The zero-order chi connectivity index (χ0) is 19.0. The zero-order valence-electron chi connectivity index (χ0n) is 15.6. The molecular weight excluding hydrogens is 360 g/mol. The van der Waals surface area contributed by atoms with Gasteiger partial charge in [-0.2, -0.15) is 12.7 Å². The summed E-state index contributed by atoms with van der Waals surface area (Å²) in [6, 6.07) is 11.1. The molecule has 0 spiro atoms. The number of rotatable bonds is 7. The molecule has 0 unspecified atom stereocenters. The van der Waals surface area contributed by atoms with Crippen LogP contribution in [0.15, 0.2) is 48.9 Å². The van der Waals surface area contributed by atoms with E-state index in [4.69, 9.17) is 0 Å². The molecule has 0 aliphatic heterocycles. The van der Waals surface area contributed by atoms with Crippen molar-refractivity contribution in [3.05, 3.63) is 54.5 Å². The van der Waals surface area contributed by atoms with Gasteiger partial charge in [-0.1, -0.05) is 12.1 Å². The molecule has 27 heavy (non-hydrogen) atoms. The van der Waals surface area contributed by atoms with Gasteiger partial charge in [-0.25, -0.2) is 4.72 Å². The zero-order valence-corrected chi connectivity index (χ0v) is 16.4. The van der Waals surface area contributed by atoms with Gasteiger partial charge in [0.25, 0.3) is 10.2 Å². The third kappa shape index (κ3) is 3.76. The molecule has 0 radical (unpaired) electrons. The number of benzene rings is 1. The molecule has 7 heteroatoms. The molecule has 2 aromatic heterocycles. The van der Waals surface area contributed by atoms with Gasteiger partial charge < -0.3 is 4.57 Å². The van der Waals surface area contributed by atoms with Crippen molar-refractivity contribution in [3.63, 3.8) is 0 Å². The Morgan fingerprint density at radius 2 is 1.89 bits per heavy atom. The molecule has 0 bridgehead atoms. The second-order valence-corrected chi connectivity index (χ2v) is 9.16. The van der Waals surface area contributed by atoms with Crippen molar-refractivity contribution in [2.45, 2.75) is 25.3 Å². The van der Waals surface area contributed by atoms with Crippen LogP contribution in [-0.2, 0) is 16.6 Å². The predicted molar refractivity (Wildman–Crippen MR) is 108 cm³/mol. The Morgan fingerprint density at radius 3 is 2.56 bits per heavy atom. The number of nitrogens with one attached hydrogen (secondary N) is 1. The summed E-state index contributed by atoms with van der Waals surface area (Å²) in [6.45, 7) is 0.385. The topological polar surface area (TPSA) is 67.2 Å². The maximum Gasteiger partial charge on any atom is 0.278 e. The molecule has 1 aliphatic carbocycles.